The predicted molar refractivity (Wildman–Crippen MR) is 99.7 cm³/mol. The maximum absolute atomic E-state index is 6.89. The molecule has 2 aliphatic rings. The number of fused-ring (bicyclic) bond motifs is 1. The molecule has 0 aliphatic carbocycles. The predicted octanol–water partition coefficient (Wildman–Crippen LogP) is 6.07. The van der Waals surface area contributed by atoms with E-state index < -0.39 is 8.30 Å². The van der Waals surface area contributed by atoms with Crippen molar-refractivity contribution in [2.45, 2.75) is 83.0 Å². The molecule has 2 saturated heterocycles. The van der Waals surface area contributed by atoms with Crippen LogP contribution in [-0.4, -0.2) is 22.4 Å². The van der Waals surface area contributed by atoms with Gasteiger partial charge in [0.05, 0.1) is 0 Å². The molecule has 2 fully saturated rings. The summed E-state index contributed by atoms with van der Waals surface area (Å²) in [5.41, 5.74) is 1.22. The standard InChI is InChI=1S/C20H32NOP/c1-5-6-10-15-19(2,3)23-21-16-11-14-18(21)20(4,22-23)17-12-8-7-9-13-17/h7-9,12-13,18H,5-6,10-11,14-16H2,1-4H3/t18-,20+,23?/m1/s1. The maximum Gasteiger partial charge on any atom is 0.112 e. The Balaban J connectivity index is 1.84. The Labute approximate surface area is 143 Å². The van der Waals surface area contributed by atoms with E-state index in [-0.39, 0.29) is 10.8 Å². The van der Waals surface area contributed by atoms with Gasteiger partial charge in [0.25, 0.3) is 0 Å². The summed E-state index contributed by atoms with van der Waals surface area (Å²) < 4.78 is 9.62. The molecule has 1 aromatic carbocycles. The lowest BCUT2D eigenvalue weighted by atomic mass is 9.87. The van der Waals surface area contributed by atoms with Crippen LogP contribution >= 0.6 is 8.30 Å². The van der Waals surface area contributed by atoms with Crippen LogP contribution in [0.2, 0.25) is 0 Å². The Morgan fingerprint density at radius 1 is 1.26 bits per heavy atom. The molecule has 2 nitrogen and oxygen atoms in total. The van der Waals surface area contributed by atoms with Gasteiger partial charge in [0.2, 0.25) is 0 Å². The zero-order valence-electron chi connectivity index (χ0n) is 15.2. The quantitative estimate of drug-likeness (QED) is 0.463. The summed E-state index contributed by atoms with van der Waals surface area (Å²) in [4.78, 5) is 0. The molecule has 1 unspecified atom stereocenters. The molecule has 23 heavy (non-hydrogen) atoms. The Hall–Kier alpha value is -0.430. The van der Waals surface area contributed by atoms with Crippen LogP contribution in [0, 0.1) is 0 Å². The van der Waals surface area contributed by atoms with Crippen molar-refractivity contribution in [2.24, 2.45) is 0 Å². The highest BCUT2D eigenvalue weighted by Gasteiger charge is 2.57. The first-order chi connectivity index (χ1) is 11.0. The van der Waals surface area contributed by atoms with Crippen molar-refractivity contribution in [3.05, 3.63) is 35.9 Å². The minimum atomic E-state index is -0.524. The van der Waals surface area contributed by atoms with E-state index in [0.29, 0.717) is 6.04 Å². The van der Waals surface area contributed by atoms with E-state index in [1.54, 1.807) is 0 Å². The molecule has 1 aromatic rings. The van der Waals surface area contributed by atoms with Crippen LogP contribution < -0.4 is 0 Å². The lowest BCUT2D eigenvalue weighted by molar-refractivity contribution is 0.0867. The van der Waals surface area contributed by atoms with Crippen molar-refractivity contribution in [3.63, 3.8) is 0 Å². The van der Waals surface area contributed by atoms with Crippen molar-refractivity contribution < 1.29 is 4.52 Å². The van der Waals surface area contributed by atoms with E-state index in [2.05, 4.69) is 62.7 Å². The van der Waals surface area contributed by atoms with Crippen molar-refractivity contribution in [1.82, 2.24) is 4.67 Å². The lowest BCUT2D eigenvalue weighted by Crippen LogP contribution is -2.36. The molecule has 0 radical (unpaired) electrons. The zero-order chi connectivity index (χ0) is 16.5. The molecule has 0 aromatic heterocycles. The fourth-order valence-corrected chi connectivity index (χ4v) is 7.11. The van der Waals surface area contributed by atoms with Crippen molar-refractivity contribution in [1.29, 1.82) is 0 Å². The third-order valence-corrected chi connectivity index (χ3v) is 8.38. The van der Waals surface area contributed by atoms with Crippen molar-refractivity contribution in [3.8, 4) is 0 Å². The van der Waals surface area contributed by atoms with E-state index >= 15 is 0 Å². The number of hydrogen-bond acceptors (Lipinski definition) is 2. The van der Waals surface area contributed by atoms with Gasteiger partial charge in [-0.1, -0.05) is 70.4 Å². The molecule has 3 atom stereocenters. The van der Waals surface area contributed by atoms with Gasteiger partial charge in [0.1, 0.15) is 13.9 Å². The van der Waals surface area contributed by atoms with Gasteiger partial charge in [-0.05, 0) is 31.7 Å². The normalized spacial score (nSPS) is 31.5. The second-order valence-electron chi connectivity index (χ2n) is 7.93. The molecule has 0 spiro atoms. The highest BCUT2D eigenvalue weighted by Crippen LogP contribution is 2.68. The summed E-state index contributed by atoms with van der Waals surface area (Å²) >= 11 is 0. The average Bonchev–Trinajstić information content (AvgIpc) is 3.12. The van der Waals surface area contributed by atoms with Gasteiger partial charge in [-0.15, -0.1) is 0 Å². The lowest BCUT2D eigenvalue weighted by Gasteiger charge is -2.36. The van der Waals surface area contributed by atoms with E-state index in [1.807, 2.05) is 0 Å². The van der Waals surface area contributed by atoms with Gasteiger partial charge in [-0.2, -0.15) is 0 Å². The molecule has 2 heterocycles. The number of rotatable bonds is 6. The van der Waals surface area contributed by atoms with E-state index in [9.17, 15) is 0 Å². The third kappa shape index (κ3) is 3.23. The van der Waals surface area contributed by atoms with Crippen molar-refractivity contribution >= 4 is 8.30 Å². The van der Waals surface area contributed by atoms with Gasteiger partial charge in [-0.25, -0.2) is 0 Å². The summed E-state index contributed by atoms with van der Waals surface area (Å²) in [6.07, 6.45) is 7.83. The van der Waals surface area contributed by atoms with Crippen LogP contribution in [0.3, 0.4) is 0 Å². The molecular weight excluding hydrogens is 301 g/mol. The fraction of sp³-hybridized carbons (Fsp3) is 0.700. The van der Waals surface area contributed by atoms with E-state index in [1.165, 1.54) is 50.6 Å². The van der Waals surface area contributed by atoms with Gasteiger partial charge in [0.15, 0.2) is 0 Å². The van der Waals surface area contributed by atoms with Crippen LogP contribution in [0.1, 0.15) is 71.8 Å². The topological polar surface area (TPSA) is 12.5 Å². The van der Waals surface area contributed by atoms with Crippen LogP contribution in [-0.2, 0) is 10.1 Å². The number of benzene rings is 1. The third-order valence-electron chi connectivity index (χ3n) is 5.63. The molecule has 128 valence electrons. The summed E-state index contributed by atoms with van der Waals surface area (Å²) in [5, 5.41) is 0.277. The minimum Gasteiger partial charge on any atom is -0.331 e. The molecule has 0 bridgehead atoms. The Morgan fingerprint density at radius 3 is 2.70 bits per heavy atom. The molecular formula is C20H32NOP. The van der Waals surface area contributed by atoms with E-state index in [0.717, 1.165) is 0 Å². The highest BCUT2D eigenvalue weighted by atomic mass is 31.2. The Bertz CT molecular complexity index is 518. The summed E-state index contributed by atoms with van der Waals surface area (Å²) in [6, 6.07) is 11.5. The molecule has 3 heteroatoms. The van der Waals surface area contributed by atoms with Crippen LogP contribution in [0.15, 0.2) is 30.3 Å². The minimum absolute atomic E-state index is 0.133. The first-order valence-electron chi connectivity index (χ1n) is 9.30. The van der Waals surface area contributed by atoms with Crippen LogP contribution in [0.5, 0.6) is 0 Å². The first-order valence-corrected chi connectivity index (χ1v) is 10.5. The average molecular weight is 333 g/mol. The summed E-state index contributed by atoms with van der Waals surface area (Å²) in [6.45, 7) is 10.7. The molecule has 2 aliphatic heterocycles. The largest absolute Gasteiger partial charge is 0.331 e. The highest BCUT2D eigenvalue weighted by molar-refractivity contribution is 7.52. The summed E-state index contributed by atoms with van der Waals surface area (Å²) in [7, 11) is -0.524. The first kappa shape index (κ1) is 17.4. The van der Waals surface area contributed by atoms with Gasteiger partial charge < -0.3 is 4.52 Å². The Morgan fingerprint density at radius 2 is 2.00 bits per heavy atom. The number of unbranched alkanes of at least 4 members (excludes halogenated alkanes) is 2. The van der Waals surface area contributed by atoms with Crippen LogP contribution in [0.4, 0.5) is 0 Å². The second-order valence-corrected chi connectivity index (χ2v) is 10.4. The molecule has 0 amide bonds. The second kappa shape index (κ2) is 6.82. The molecule has 0 saturated carbocycles. The SMILES string of the molecule is CCCCCC(C)(C)P1O[C@@](C)(c2ccccc2)[C@H]2CCCN21. The van der Waals surface area contributed by atoms with Crippen molar-refractivity contribution in [2.75, 3.05) is 6.54 Å². The maximum atomic E-state index is 6.89. The Kier molecular flexibility index (Phi) is 5.16. The molecule has 3 rings (SSSR count). The summed E-state index contributed by atoms with van der Waals surface area (Å²) in [5.74, 6) is 0. The number of nitrogens with zero attached hydrogens (tertiary/aromatic N) is 1. The molecule has 0 N–H and O–H groups in total. The van der Waals surface area contributed by atoms with Gasteiger partial charge in [-0.3, -0.25) is 4.67 Å². The number of hydrogen-bond donors (Lipinski definition) is 0. The smallest absolute Gasteiger partial charge is 0.112 e. The van der Waals surface area contributed by atoms with Crippen LogP contribution in [0.25, 0.3) is 0 Å². The van der Waals surface area contributed by atoms with Gasteiger partial charge >= 0.3 is 0 Å². The zero-order valence-corrected chi connectivity index (χ0v) is 16.1. The van der Waals surface area contributed by atoms with E-state index in [4.69, 9.17) is 4.52 Å². The fourth-order valence-electron chi connectivity index (χ4n) is 4.21. The van der Waals surface area contributed by atoms with Gasteiger partial charge in [0, 0.05) is 17.7 Å². The monoisotopic (exact) mass is 333 g/mol.